The van der Waals surface area contributed by atoms with Gasteiger partial charge in [-0.05, 0) is 67.1 Å². The molecule has 0 aliphatic carbocycles. The summed E-state index contributed by atoms with van der Waals surface area (Å²) in [6, 6.07) is 19.4. The van der Waals surface area contributed by atoms with Crippen molar-refractivity contribution in [2.75, 3.05) is 9.80 Å². The fourth-order valence-electron chi connectivity index (χ4n) is 5.70. The molecule has 4 atom stereocenters. The Kier molecular flexibility index (Phi) is 5.16. The molecule has 0 saturated carbocycles. The molecule has 7 heteroatoms. The maximum Gasteiger partial charge on any atom is 0.240 e. The van der Waals surface area contributed by atoms with E-state index in [1.807, 2.05) is 41.3 Å². The molecule has 3 aliphatic heterocycles. The third-order valence-corrected chi connectivity index (χ3v) is 7.60. The van der Waals surface area contributed by atoms with Crippen molar-refractivity contribution in [3.05, 3.63) is 101 Å². The minimum absolute atomic E-state index is 0.104. The molecular weight excluding hydrogens is 476 g/mol. The number of hydrogen-bond acceptors (Lipinski definition) is 5. The maximum atomic E-state index is 14.0. The second-order valence-electron chi connectivity index (χ2n) is 9.30. The number of amides is 2. The van der Waals surface area contributed by atoms with Crippen LogP contribution in [0.25, 0.3) is 6.08 Å². The third-order valence-electron chi connectivity index (χ3n) is 7.34. The van der Waals surface area contributed by atoms with Crippen LogP contribution in [-0.4, -0.2) is 35.5 Å². The molecule has 6 nitrogen and oxygen atoms in total. The lowest BCUT2D eigenvalue weighted by Gasteiger charge is -2.36. The first-order valence-electron chi connectivity index (χ1n) is 11.7. The molecule has 0 radical (unpaired) electrons. The summed E-state index contributed by atoms with van der Waals surface area (Å²) in [5, 5.41) is 0.507. The van der Waals surface area contributed by atoms with E-state index in [4.69, 9.17) is 11.6 Å². The Morgan fingerprint density at radius 1 is 0.806 bits per heavy atom. The average Bonchev–Trinajstić information content (AvgIpc) is 3.37. The summed E-state index contributed by atoms with van der Waals surface area (Å²) in [5.74, 6) is -2.65. The minimum Gasteiger partial charge on any atom is -0.352 e. The van der Waals surface area contributed by atoms with Gasteiger partial charge in [-0.1, -0.05) is 42.0 Å². The zero-order valence-electron chi connectivity index (χ0n) is 19.3. The first kappa shape index (κ1) is 22.4. The smallest absolute Gasteiger partial charge is 0.240 e. The molecule has 0 N–H and O–H groups in total. The summed E-state index contributed by atoms with van der Waals surface area (Å²) in [6.45, 7) is 1.46. The van der Waals surface area contributed by atoms with Gasteiger partial charge >= 0.3 is 0 Å². The fourth-order valence-corrected chi connectivity index (χ4v) is 5.82. The zero-order chi connectivity index (χ0) is 25.1. The van der Waals surface area contributed by atoms with E-state index in [1.165, 1.54) is 11.8 Å². The summed E-state index contributed by atoms with van der Waals surface area (Å²) < 4.78 is 0. The number of anilines is 2. The average molecular weight is 497 g/mol. The molecule has 36 heavy (non-hydrogen) atoms. The largest absolute Gasteiger partial charge is 0.352 e. The number of Topliss-reactive ketones (excluding diaryl/α,β-unsaturated/α-hetero) is 2. The highest BCUT2D eigenvalue weighted by molar-refractivity contribution is 6.30. The fraction of sp³-hybridized carbons (Fsp3) is 0.172. The maximum absolute atomic E-state index is 14.0. The van der Waals surface area contributed by atoms with Crippen LogP contribution in [0.1, 0.15) is 33.2 Å². The first-order chi connectivity index (χ1) is 17.4. The third kappa shape index (κ3) is 3.25. The molecule has 6 rings (SSSR count). The summed E-state index contributed by atoms with van der Waals surface area (Å²) in [5.41, 5.74) is 3.07. The number of para-hydroxylation sites is 1. The van der Waals surface area contributed by atoms with Crippen molar-refractivity contribution >= 4 is 52.4 Å². The van der Waals surface area contributed by atoms with E-state index in [9.17, 15) is 19.2 Å². The molecule has 2 fully saturated rings. The second kappa shape index (κ2) is 8.28. The van der Waals surface area contributed by atoms with E-state index in [-0.39, 0.29) is 17.5 Å². The van der Waals surface area contributed by atoms with Crippen molar-refractivity contribution in [2.24, 2.45) is 11.8 Å². The summed E-state index contributed by atoms with van der Waals surface area (Å²) in [4.78, 5) is 56.4. The van der Waals surface area contributed by atoms with Crippen molar-refractivity contribution in [3.8, 4) is 0 Å². The minimum atomic E-state index is -0.856. The molecule has 3 aliphatic rings. The number of benzene rings is 3. The van der Waals surface area contributed by atoms with Gasteiger partial charge in [-0.3, -0.25) is 19.2 Å². The highest BCUT2D eigenvalue weighted by Gasteiger charge is 2.64. The molecule has 3 aromatic carbocycles. The van der Waals surface area contributed by atoms with Gasteiger partial charge in [-0.2, -0.15) is 0 Å². The number of halogens is 1. The number of hydrogen-bond donors (Lipinski definition) is 0. The number of rotatable bonds is 4. The van der Waals surface area contributed by atoms with Crippen molar-refractivity contribution in [1.29, 1.82) is 0 Å². The summed E-state index contributed by atoms with van der Waals surface area (Å²) in [7, 11) is 0. The quantitative estimate of drug-likeness (QED) is 0.382. The van der Waals surface area contributed by atoms with Gasteiger partial charge in [0.05, 0.1) is 23.6 Å². The molecular formula is C29H21ClN2O4. The van der Waals surface area contributed by atoms with Crippen LogP contribution in [0.5, 0.6) is 0 Å². The number of carbonyl (C=O) groups excluding carboxylic acids is 4. The van der Waals surface area contributed by atoms with Crippen LogP contribution < -0.4 is 9.80 Å². The van der Waals surface area contributed by atoms with E-state index in [1.54, 1.807) is 48.5 Å². The number of imide groups is 1. The molecule has 2 saturated heterocycles. The Balaban J connectivity index is 1.46. The molecule has 3 heterocycles. The molecule has 3 aromatic rings. The van der Waals surface area contributed by atoms with Gasteiger partial charge in [0.1, 0.15) is 6.04 Å². The van der Waals surface area contributed by atoms with Gasteiger partial charge in [-0.25, -0.2) is 4.90 Å². The lowest BCUT2D eigenvalue weighted by molar-refractivity contribution is -0.122. The second-order valence-corrected chi connectivity index (χ2v) is 9.73. The Bertz CT molecular complexity index is 1460. The highest BCUT2D eigenvalue weighted by atomic mass is 35.5. The van der Waals surface area contributed by atoms with Gasteiger partial charge in [0.15, 0.2) is 11.6 Å². The molecule has 0 bridgehead atoms. The summed E-state index contributed by atoms with van der Waals surface area (Å²) >= 11 is 6.05. The van der Waals surface area contributed by atoms with Gasteiger partial charge < -0.3 is 4.90 Å². The normalized spacial score (nSPS) is 23.9. The van der Waals surface area contributed by atoms with Crippen molar-refractivity contribution in [2.45, 2.75) is 19.0 Å². The Morgan fingerprint density at radius 2 is 1.44 bits per heavy atom. The highest BCUT2D eigenvalue weighted by Crippen LogP contribution is 2.49. The van der Waals surface area contributed by atoms with Crippen LogP contribution in [0, 0.1) is 11.8 Å². The van der Waals surface area contributed by atoms with Gasteiger partial charge in [0, 0.05) is 21.8 Å². The van der Waals surface area contributed by atoms with Crippen LogP contribution in [-0.2, 0) is 9.59 Å². The van der Waals surface area contributed by atoms with Crippen LogP contribution in [0.15, 0.2) is 78.9 Å². The van der Waals surface area contributed by atoms with Crippen molar-refractivity contribution < 1.29 is 19.2 Å². The van der Waals surface area contributed by atoms with Gasteiger partial charge in [0.2, 0.25) is 11.8 Å². The standard InChI is InChI=1S/C29H21ClN2O4/c1-16(33)17-8-13-21(14-9-17)31-28(35)24-23-15-10-18-4-2-3-5-22(18)32(23)26(25(24)29(31)36)27(34)19-6-11-20(30)12-7-19/h2-15,23-26H,1H3/t23-,24-,25+,26-/m0/s1. The van der Waals surface area contributed by atoms with Crippen LogP contribution in [0.4, 0.5) is 11.4 Å². The molecule has 2 amide bonds. The molecule has 0 unspecified atom stereocenters. The van der Waals surface area contributed by atoms with Crippen molar-refractivity contribution in [3.63, 3.8) is 0 Å². The Morgan fingerprint density at radius 3 is 2.14 bits per heavy atom. The van der Waals surface area contributed by atoms with E-state index in [2.05, 4.69) is 0 Å². The van der Waals surface area contributed by atoms with Crippen LogP contribution in [0.3, 0.4) is 0 Å². The SMILES string of the molecule is CC(=O)c1ccc(N2C(=O)[C@@H]3[C@@H](C2=O)[C@@H]2C=Cc4ccccc4N2[C@@H]3C(=O)c2ccc(Cl)cc2)cc1. The number of ketones is 2. The van der Waals surface area contributed by atoms with E-state index in [0.717, 1.165) is 11.3 Å². The molecule has 178 valence electrons. The topological polar surface area (TPSA) is 74.8 Å². The van der Waals surface area contributed by atoms with E-state index in [0.29, 0.717) is 21.8 Å². The lowest BCUT2D eigenvalue weighted by Crippen LogP contribution is -2.48. The predicted octanol–water partition coefficient (Wildman–Crippen LogP) is 4.82. The predicted molar refractivity (Wildman–Crippen MR) is 137 cm³/mol. The summed E-state index contributed by atoms with van der Waals surface area (Å²) in [6.07, 6.45) is 3.87. The van der Waals surface area contributed by atoms with E-state index < -0.39 is 29.8 Å². The number of nitrogens with zero attached hydrogens (tertiary/aromatic N) is 2. The van der Waals surface area contributed by atoms with Crippen LogP contribution >= 0.6 is 11.6 Å². The van der Waals surface area contributed by atoms with E-state index >= 15 is 0 Å². The Hall–Kier alpha value is -4.03. The van der Waals surface area contributed by atoms with Gasteiger partial charge in [0.25, 0.3) is 0 Å². The monoisotopic (exact) mass is 496 g/mol. The Labute approximate surface area is 212 Å². The first-order valence-corrected chi connectivity index (χ1v) is 12.1. The van der Waals surface area contributed by atoms with Crippen LogP contribution in [0.2, 0.25) is 5.02 Å². The lowest BCUT2D eigenvalue weighted by atomic mass is 9.86. The number of fused-ring (bicyclic) bond motifs is 5. The molecule has 0 spiro atoms. The van der Waals surface area contributed by atoms with Gasteiger partial charge in [-0.15, -0.1) is 0 Å². The number of carbonyl (C=O) groups is 4. The molecule has 0 aromatic heterocycles. The zero-order valence-corrected chi connectivity index (χ0v) is 20.1. The van der Waals surface area contributed by atoms with Crippen molar-refractivity contribution in [1.82, 2.24) is 0 Å².